The van der Waals surface area contributed by atoms with Gasteiger partial charge in [0, 0.05) is 11.6 Å². The number of hydrogen-bond acceptors (Lipinski definition) is 2. The fourth-order valence-electron chi connectivity index (χ4n) is 3.17. The molecular weight excluding hydrogens is 291 g/mol. The van der Waals surface area contributed by atoms with Crippen LogP contribution < -0.4 is 5.32 Å². The van der Waals surface area contributed by atoms with Gasteiger partial charge in [0.1, 0.15) is 0 Å². The second-order valence-corrected chi connectivity index (χ2v) is 6.25. The number of hydrogen-bond donors (Lipinski definition) is 1. The molecule has 0 bridgehead atoms. The summed E-state index contributed by atoms with van der Waals surface area (Å²) in [5, 5.41) is 4.78. The largest absolute Gasteiger partial charge is 0.315 e. The van der Waals surface area contributed by atoms with Gasteiger partial charge in [0.15, 0.2) is 0 Å². The van der Waals surface area contributed by atoms with Gasteiger partial charge in [-0.1, -0.05) is 49.2 Å². The summed E-state index contributed by atoms with van der Waals surface area (Å²) in [5.74, 6) is 0. The SMILES string of the molecule is CCC(CC)(C(Cc1cccc(Cl)c1Cl)NC)N(C)C. The van der Waals surface area contributed by atoms with E-state index in [2.05, 4.69) is 44.2 Å². The summed E-state index contributed by atoms with van der Waals surface area (Å²) >= 11 is 12.5. The van der Waals surface area contributed by atoms with Crippen LogP contribution in [0.3, 0.4) is 0 Å². The summed E-state index contributed by atoms with van der Waals surface area (Å²) in [5.41, 5.74) is 1.21. The maximum Gasteiger partial charge on any atom is 0.0624 e. The molecule has 20 heavy (non-hydrogen) atoms. The molecule has 1 N–H and O–H groups in total. The van der Waals surface area contributed by atoms with Crippen LogP contribution in [0.25, 0.3) is 0 Å². The van der Waals surface area contributed by atoms with Crippen molar-refractivity contribution in [3.05, 3.63) is 33.8 Å². The molecule has 2 nitrogen and oxygen atoms in total. The quantitative estimate of drug-likeness (QED) is 0.809. The predicted molar refractivity (Wildman–Crippen MR) is 90.0 cm³/mol. The van der Waals surface area contributed by atoms with E-state index in [0.29, 0.717) is 16.1 Å². The smallest absolute Gasteiger partial charge is 0.0624 e. The number of nitrogens with one attached hydrogen (secondary N) is 1. The Morgan fingerprint density at radius 1 is 1.20 bits per heavy atom. The number of nitrogens with zero attached hydrogens (tertiary/aromatic N) is 1. The summed E-state index contributed by atoms with van der Waals surface area (Å²) in [4.78, 5) is 2.33. The van der Waals surface area contributed by atoms with Crippen LogP contribution in [0.4, 0.5) is 0 Å². The van der Waals surface area contributed by atoms with Crippen molar-refractivity contribution >= 4 is 23.2 Å². The van der Waals surface area contributed by atoms with Crippen LogP contribution >= 0.6 is 23.2 Å². The summed E-state index contributed by atoms with van der Waals surface area (Å²) in [7, 11) is 6.32. The Bertz CT molecular complexity index is 428. The molecule has 1 aromatic rings. The zero-order chi connectivity index (χ0) is 15.3. The van der Waals surface area contributed by atoms with Gasteiger partial charge in [-0.25, -0.2) is 0 Å². The van der Waals surface area contributed by atoms with Gasteiger partial charge in [-0.2, -0.15) is 0 Å². The molecule has 0 saturated carbocycles. The molecule has 0 fully saturated rings. The maximum atomic E-state index is 6.34. The van der Waals surface area contributed by atoms with E-state index in [1.807, 2.05) is 19.2 Å². The first-order valence-electron chi connectivity index (χ1n) is 7.20. The van der Waals surface area contributed by atoms with Crippen LogP contribution in [0.15, 0.2) is 18.2 Å². The van der Waals surface area contributed by atoms with Crippen molar-refractivity contribution in [1.82, 2.24) is 10.2 Å². The number of benzene rings is 1. The van der Waals surface area contributed by atoms with E-state index in [4.69, 9.17) is 23.2 Å². The zero-order valence-electron chi connectivity index (χ0n) is 13.1. The molecule has 0 radical (unpaired) electrons. The Labute approximate surface area is 133 Å². The van der Waals surface area contributed by atoms with Gasteiger partial charge in [0.2, 0.25) is 0 Å². The van der Waals surface area contributed by atoms with Gasteiger partial charge in [0.05, 0.1) is 10.0 Å². The van der Waals surface area contributed by atoms with Crippen molar-refractivity contribution in [2.75, 3.05) is 21.1 Å². The van der Waals surface area contributed by atoms with Crippen molar-refractivity contribution in [1.29, 1.82) is 0 Å². The highest BCUT2D eigenvalue weighted by Gasteiger charge is 2.37. The van der Waals surface area contributed by atoms with E-state index in [1.54, 1.807) is 0 Å². The van der Waals surface area contributed by atoms with Crippen LogP contribution in [0.2, 0.25) is 10.0 Å². The lowest BCUT2D eigenvalue weighted by Gasteiger charge is -2.45. The van der Waals surface area contributed by atoms with Crippen LogP contribution in [-0.4, -0.2) is 37.6 Å². The number of rotatable bonds is 7. The predicted octanol–water partition coefficient (Wildman–Crippen LogP) is 4.24. The molecule has 0 aliphatic heterocycles. The molecule has 0 aliphatic rings. The second kappa shape index (κ2) is 7.65. The summed E-state index contributed by atoms with van der Waals surface area (Å²) < 4.78 is 0. The Hall–Kier alpha value is -0.280. The van der Waals surface area contributed by atoms with Crippen LogP contribution in [0.5, 0.6) is 0 Å². The zero-order valence-corrected chi connectivity index (χ0v) is 14.6. The third-order valence-electron chi connectivity index (χ3n) is 4.57. The molecule has 114 valence electrons. The van der Waals surface area contributed by atoms with Crippen molar-refractivity contribution < 1.29 is 0 Å². The topological polar surface area (TPSA) is 15.3 Å². The summed E-state index contributed by atoms with van der Waals surface area (Å²) in [6.07, 6.45) is 3.04. The molecule has 1 rings (SSSR count). The van der Waals surface area contributed by atoms with E-state index in [9.17, 15) is 0 Å². The minimum Gasteiger partial charge on any atom is -0.315 e. The molecular formula is C16H26Cl2N2. The molecule has 1 unspecified atom stereocenters. The third kappa shape index (κ3) is 3.48. The summed E-state index contributed by atoms with van der Waals surface area (Å²) in [6.45, 7) is 4.49. The molecule has 0 spiro atoms. The fourth-order valence-corrected chi connectivity index (χ4v) is 3.57. The first-order chi connectivity index (χ1) is 9.42. The van der Waals surface area contributed by atoms with E-state index < -0.39 is 0 Å². The van der Waals surface area contributed by atoms with E-state index >= 15 is 0 Å². The van der Waals surface area contributed by atoms with E-state index in [1.165, 1.54) is 0 Å². The van der Waals surface area contributed by atoms with Gasteiger partial charge in [-0.15, -0.1) is 0 Å². The Balaban J connectivity index is 3.10. The van der Waals surface area contributed by atoms with Crippen molar-refractivity contribution in [2.24, 2.45) is 0 Å². The lowest BCUT2D eigenvalue weighted by atomic mass is 9.80. The van der Waals surface area contributed by atoms with Gasteiger partial charge in [-0.05, 0) is 52.0 Å². The molecule has 1 aromatic carbocycles. The third-order valence-corrected chi connectivity index (χ3v) is 5.43. The highest BCUT2D eigenvalue weighted by Crippen LogP contribution is 2.31. The Morgan fingerprint density at radius 2 is 1.80 bits per heavy atom. The average molecular weight is 317 g/mol. The normalized spacial score (nSPS) is 13.8. The number of likely N-dealkylation sites (N-methyl/N-ethyl adjacent to an activating group) is 2. The minimum atomic E-state index is 0.112. The van der Waals surface area contributed by atoms with E-state index in [-0.39, 0.29) is 5.54 Å². The minimum absolute atomic E-state index is 0.112. The van der Waals surface area contributed by atoms with Crippen LogP contribution in [0, 0.1) is 0 Å². The molecule has 0 saturated heterocycles. The summed E-state index contributed by atoms with van der Waals surface area (Å²) in [6, 6.07) is 6.18. The van der Waals surface area contributed by atoms with Crippen molar-refractivity contribution in [3.8, 4) is 0 Å². The van der Waals surface area contributed by atoms with Crippen molar-refractivity contribution in [3.63, 3.8) is 0 Å². The van der Waals surface area contributed by atoms with Crippen LogP contribution in [-0.2, 0) is 6.42 Å². The van der Waals surface area contributed by atoms with Crippen LogP contribution in [0.1, 0.15) is 32.3 Å². The highest BCUT2D eigenvalue weighted by molar-refractivity contribution is 6.42. The van der Waals surface area contributed by atoms with Gasteiger partial charge >= 0.3 is 0 Å². The Kier molecular flexibility index (Phi) is 6.80. The second-order valence-electron chi connectivity index (χ2n) is 5.46. The standard InChI is InChI=1S/C16H26Cl2N2/c1-6-16(7-2,20(4)5)14(19-3)11-12-9-8-10-13(17)15(12)18/h8-10,14,19H,6-7,11H2,1-5H3. The first-order valence-corrected chi connectivity index (χ1v) is 7.96. The molecule has 0 aromatic heterocycles. The lowest BCUT2D eigenvalue weighted by Crippen LogP contribution is -2.58. The molecule has 1 atom stereocenters. The average Bonchev–Trinajstić information content (AvgIpc) is 2.43. The fraction of sp³-hybridized carbons (Fsp3) is 0.625. The number of halogens is 2. The molecule has 0 aliphatic carbocycles. The Morgan fingerprint density at radius 3 is 2.25 bits per heavy atom. The van der Waals surface area contributed by atoms with Crippen molar-refractivity contribution in [2.45, 2.75) is 44.7 Å². The monoisotopic (exact) mass is 316 g/mol. The van der Waals surface area contributed by atoms with Gasteiger partial charge in [-0.3, -0.25) is 0 Å². The maximum absolute atomic E-state index is 6.34. The van der Waals surface area contributed by atoms with Gasteiger partial charge in [0.25, 0.3) is 0 Å². The molecule has 4 heteroatoms. The lowest BCUT2D eigenvalue weighted by molar-refractivity contribution is 0.0918. The van der Waals surface area contributed by atoms with Gasteiger partial charge < -0.3 is 10.2 Å². The molecule has 0 amide bonds. The highest BCUT2D eigenvalue weighted by atomic mass is 35.5. The first kappa shape index (κ1) is 17.8. The molecule has 0 heterocycles. The van der Waals surface area contributed by atoms with E-state index in [0.717, 1.165) is 24.8 Å².